The van der Waals surface area contributed by atoms with Gasteiger partial charge in [-0.1, -0.05) is 50.8 Å². The summed E-state index contributed by atoms with van der Waals surface area (Å²) in [5.74, 6) is -0.226. The SMILES string of the molecule is C=CCOC(=O)C(O)c1ccc(C(C)C)cc1. The van der Waals surface area contributed by atoms with E-state index in [-0.39, 0.29) is 6.61 Å². The maximum absolute atomic E-state index is 11.4. The third-order valence-electron chi connectivity index (χ3n) is 2.49. The van der Waals surface area contributed by atoms with Gasteiger partial charge in [-0.15, -0.1) is 0 Å². The summed E-state index contributed by atoms with van der Waals surface area (Å²) in [5, 5.41) is 9.74. The first-order chi connectivity index (χ1) is 8.06. The molecule has 0 bridgehead atoms. The average molecular weight is 234 g/mol. The van der Waals surface area contributed by atoms with Crippen molar-refractivity contribution in [2.24, 2.45) is 0 Å². The van der Waals surface area contributed by atoms with Crippen LogP contribution in [-0.2, 0) is 9.53 Å². The molecule has 1 aromatic carbocycles. The van der Waals surface area contributed by atoms with Gasteiger partial charge in [0.15, 0.2) is 6.10 Å². The number of carbonyl (C=O) groups is 1. The Morgan fingerprint density at radius 3 is 2.35 bits per heavy atom. The Balaban J connectivity index is 2.72. The van der Waals surface area contributed by atoms with Crippen LogP contribution in [-0.4, -0.2) is 17.7 Å². The molecule has 1 unspecified atom stereocenters. The molecule has 3 heteroatoms. The molecule has 1 N–H and O–H groups in total. The van der Waals surface area contributed by atoms with Crippen molar-refractivity contribution in [3.8, 4) is 0 Å². The van der Waals surface area contributed by atoms with Crippen molar-refractivity contribution < 1.29 is 14.6 Å². The van der Waals surface area contributed by atoms with Gasteiger partial charge < -0.3 is 9.84 Å². The standard InChI is InChI=1S/C14H18O3/c1-4-9-17-14(16)13(15)12-7-5-11(6-8-12)10(2)3/h4-8,10,13,15H,1,9H2,2-3H3. The molecule has 1 atom stereocenters. The highest BCUT2D eigenvalue weighted by Crippen LogP contribution is 2.19. The predicted molar refractivity (Wildman–Crippen MR) is 66.6 cm³/mol. The van der Waals surface area contributed by atoms with E-state index in [0.717, 1.165) is 0 Å². The van der Waals surface area contributed by atoms with Gasteiger partial charge in [-0.05, 0) is 17.0 Å². The van der Waals surface area contributed by atoms with E-state index in [9.17, 15) is 9.90 Å². The molecule has 3 nitrogen and oxygen atoms in total. The zero-order chi connectivity index (χ0) is 12.8. The van der Waals surface area contributed by atoms with Gasteiger partial charge in [-0.25, -0.2) is 4.79 Å². The lowest BCUT2D eigenvalue weighted by Crippen LogP contribution is -2.15. The van der Waals surface area contributed by atoms with Gasteiger partial charge in [-0.2, -0.15) is 0 Å². The van der Waals surface area contributed by atoms with Crippen molar-refractivity contribution in [1.82, 2.24) is 0 Å². The van der Waals surface area contributed by atoms with Crippen LogP contribution in [0.3, 0.4) is 0 Å². The Hall–Kier alpha value is -1.61. The number of esters is 1. The first-order valence-corrected chi connectivity index (χ1v) is 5.61. The van der Waals surface area contributed by atoms with Gasteiger partial charge in [0, 0.05) is 0 Å². The van der Waals surface area contributed by atoms with Crippen molar-refractivity contribution >= 4 is 5.97 Å². The Labute approximate surface area is 102 Å². The van der Waals surface area contributed by atoms with Crippen LogP contribution in [0.25, 0.3) is 0 Å². The lowest BCUT2D eigenvalue weighted by Gasteiger charge is -2.11. The van der Waals surface area contributed by atoms with Crippen LogP contribution in [0.4, 0.5) is 0 Å². The van der Waals surface area contributed by atoms with Crippen molar-refractivity contribution in [3.05, 3.63) is 48.0 Å². The topological polar surface area (TPSA) is 46.5 Å². The molecule has 0 amide bonds. The van der Waals surface area contributed by atoms with Crippen LogP contribution in [0, 0.1) is 0 Å². The second-order valence-corrected chi connectivity index (χ2v) is 4.14. The number of hydrogen-bond acceptors (Lipinski definition) is 3. The minimum absolute atomic E-state index is 0.111. The molecule has 1 aromatic rings. The summed E-state index contributed by atoms with van der Waals surface area (Å²) in [6, 6.07) is 7.30. The molecular weight excluding hydrogens is 216 g/mol. The van der Waals surface area contributed by atoms with E-state index in [0.29, 0.717) is 11.5 Å². The Morgan fingerprint density at radius 1 is 1.35 bits per heavy atom. The molecule has 0 saturated carbocycles. The van der Waals surface area contributed by atoms with Crippen molar-refractivity contribution in [1.29, 1.82) is 0 Å². The van der Waals surface area contributed by atoms with E-state index in [1.165, 1.54) is 11.6 Å². The zero-order valence-electron chi connectivity index (χ0n) is 10.2. The van der Waals surface area contributed by atoms with Crippen LogP contribution in [0.1, 0.15) is 37.0 Å². The van der Waals surface area contributed by atoms with Gasteiger partial charge in [-0.3, -0.25) is 0 Å². The van der Waals surface area contributed by atoms with Gasteiger partial charge in [0.2, 0.25) is 0 Å². The highest BCUT2D eigenvalue weighted by atomic mass is 16.5. The number of rotatable bonds is 5. The summed E-state index contributed by atoms with van der Waals surface area (Å²) in [4.78, 5) is 11.4. The third kappa shape index (κ3) is 3.71. The van der Waals surface area contributed by atoms with Crippen LogP contribution in [0.5, 0.6) is 0 Å². The van der Waals surface area contributed by atoms with Gasteiger partial charge >= 0.3 is 5.97 Å². The van der Waals surface area contributed by atoms with Gasteiger partial charge in [0.25, 0.3) is 0 Å². The minimum atomic E-state index is -1.23. The average Bonchev–Trinajstić information content (AvgIpc) is 2.35. The Kier molecular flexibility index (Phi) is 4.91. The molecule has 0 spiro atoms. The number of aliphatic hydroxyl groups excluding tert-OH is 1. The lowest BCUT2D eigenvalue weighted by atomic mass is 10.00. The number of ether oxygens (including phenoxy) is 1. The van der Waals surface area contributed by atoms with E-state index in [2.05, 4.69) is 20.4 Å². The molecule has 0 heterocycles. The summed E-state index contributed by atoms with van der Waals surface area (Å²) >= 11 is 0. The van der Waals surface area contributed by atoms with Crippen LogP contribution >= 0.6 is 0 Å². The van der Waals surface area contributed by atoms with Crippen LogP contribution in [0.15, 0.2) is 36.9 Å². The molecule has 0 aliphatic heterocycles. The molecule has 0 aliphatic rings. The minimum Gasteiger partial charge on any atom is -0.459 e. The zero-order valence-corrected chi connectivity index (χ0v) is 10.2. The largest absolute Gasteiger partial charge is 0.459 e. The summed E-state index contributed by atoms with van der Waals surface area (Å²) < 4.78 is 4.78. The molecule has 92 valence electrons. The smallest absolute Gasteiger partial charge is 0.339 e. The third-order valence-corrected chi connectivity index (χ3v) is 2.49. The van der Waals surface area contributed by atoms with Crippen molar-refractivity contribution in [2.75, 3.05) is 6.61 Å². The summed E-state index contributed by atoms with van der Waals surface area (Å²) in [5.41, 5.74) is 1.71. The Bertz CT molecular complexity index is 379. The molecule has 0 radical (unpaired) electrons. The first kappa shape index (κ1) is 13.5. The predicted octanol–water partition coefficient (Wildman–Crippen LogP) is 2.57. The highest BCUT2D eigenvalue weighted by Gasteiger charge is 2.18. The lowest BCUT2D eigenvalue weighted by molar-refractivity contribution is -0.152. The molecule has 0 saturated heterocycles. The normalized spacial score (nSPS) is 12.2. The maximum atomic E-state index is 11.4. The van der Waals surface area contributed by atoms with Crippen molar-refractivity contribution in [2.45, 2.75) is 25.9 Å². The number of hydrogen-bond donors (Lipinski definition) is 1. The molecule has 0 aliphatic carbocycles. The Morgan fingerprint density at radius 2 is 1.88 bits per heavy atom. The highest BCUT2D eigenvalue weighted by molar-refractivity contribution is 5.76. The fourth-order valence-corrected chi connectivity index (χ4v) is 1.42. The van der Waals surface area contributed by atoms with Crippen molar-refractivity contribution in [3.63, 3.8) is 0 Å². The fourth-order valence-electron chi connectivity index (χ4n) is 1.42. The molecular formula is C14H18O3. The summed E-state index contributed by atoms with van der Waals surface area (Å²) in [6.07, 6.45) is 0.239. The van der Waals surface area contributed by atoms with E-state index in [1.807, 2.05) is 12.1 Å². The van der Waals surface area contributed by atoms with Crippen LogP contribution in [0.2, 0.25) is 0 Å². The van der Waals surface area contributed by atoms with E-state index in [4.69, 9.17) is 4.74 Å². The quantitative estimate of drug-likeness (QED) is 0.629. The van der Waals surface area contributed by atoms with E-state index >= 15 is 0 Å². The molecule has 0 aromatic heterocycles. The van der Waals surface area contributed by atoms with Gasteiger partial charge in [0.05, 0.1) is 0 Å². The molecule has 17 heavy (non-hydrogen) atoms. The fraction of sp³-hybridized carbons (Fsp3) is 0.357. The van der Waals surface area contributed by atoms with E-state index in [1.54, 1.807) is 12.1 Å². The second-order valence-electron chi connectivity index (χ2n) is 4.14. The number of benzene rings is 1. The first-order valence-electron chi connectivity index (χ1n) is 5.61. The maximum Gasteiger partial charge on any atom is 0.339 e. The summed E-state index contributed by atoms with van der Waals surface area (Å²) in [6.45, 7) is 7.72. The summed E-state index contributed by atoms with van der Waals surface area (Å²) in [7, 11) is 0. The van der Waals surface area contributed by atoms with Crippen LogP contribution < -0.4 is 0 Å². The molecule has 0 fully saturated rings. The number of aliphatic hydroxyl groups is 1. The molecule has 1 rings (SSSR count). The second kappa shape index (κ2) is 6.21. The number of carbonyl (C=O) groups excluding carboxylic acids is 1. The monoisotopic (exact) mass is 234 g/mol. The van der Waals surface area contributed by atoms with Gasteiger partial charge in [0.1, 0.15) is 6.61 Å². The van der Waals surface area contributed by atoms with E-state index < -0.39 is 12.1 Å².